The van der Waals surface area contributed by atoms with E-state index in [2.05, 4.69) is 32.2 Å². The molecule has 0 radical (unpaired) electrons. The summed E-state index contributed by atoms with van der Waals surface area (Å²) >= 11 is 1.70. The molecule has 2 saturated heterocycles. The fraction of sp³-hybridized carbons (Fsp3) is 0.382. The zero-order valence-electron chi connectivity index (χ0n) is 26.7. The predicted molar refractivity (Wildman–Crippen MR) is 183 cm³/mol. The monoisotopic (exact) mass is 673 g/mol. The highest BCUT2D eigenvalue weighted by atomic mass is 32.2. The third kappa shape index (κ3) is 5.74. The van der Waals surface area contributed by atoms with E-state index >= 15 is 0 Å². The van der Waals surface area contributed by atoms with Gasteiger partial charge in [0.2, 0.25) is 5.91 Å². The Morgan fingerprint density at radius 1 is 1.02 bits per heavy atom. The normalized spacial score (nSPS) is 19.8. The molecule has 5 aromatic rings. The lowest BCUT2D eigenvalue weighted by atomic mass is 10.0. The standard InChI is InChI=1S/C34H39N7O4S2/c1-23-19-26-28(41(23)47(43,44)25-7-5-4-6-8-25)9-11-36-31(26)29-22-39(16-17-45-29)32(27-20-30-24(21-37-27)10-18-46-30)38-12-14-40(15-13-38)34(2,3)33(35)42/h4-11,18-21,29,32H,12-17,22H2,1-3H3,(H2,35,42). The van der Waals surface area contributed by atoms with Crippen LogP contribution in [0.5, 0.6) is 0 Å². The SMILES string of the molecule is Cc1cc2c(C3CN(C(c4cc5sccc5cn4)N4CCN(C(C)(C)C(N)=O)CC4)CCO3)nccc2n1S(=O)(=O)c1ccccc1. The van der Waals surface area contributed by atoms with E-state index in [1.165, 1.54) is 8.67 Å². The van der Waals surface area contributed by atoms with E-state index in [4.69, 9.17) is 20.4 Å². The molecule has 2 atom stereocenters. The van der Waals surface area contributed by atoms with Gasteiger partial charge in [-0.2, -0.15) is 0 Å². The molecule has 246 valence electrons. The average Bonchev–Trinajstić information content (AvgIpc) is 3.69. The summed E-state index contributed by atoms with van der Waals surface area (Å²) in [4.78, 5) is 29.1. The maximum atomic E-state index is 13.7. The number of nitrogens with two attached hydrogens (primary N) is 1. The number of aromatic nitrogens is 3. The van der Waals surface area contributed by atoms with Crippen LogP contribution in [0.2, 0.25) is 0 Å². The second-order valence-electron chi connectivity index (χ2n) is 12.7. The summed E-state index contributed by atoms with van der Waals surface area (Å²) in [6.07, 6.45) is 3.10. The first-order valence-corrected chi connectivity index (χ1v) is 18.1. The van der Waals surface area contributed by atoms with Crippen molar-refractivity contribution >= 4 is 48.3 Å². The molecular weight excluding hydrogens is 635 g/mol. The van der Waals surface area contributed by atoms with Crippen LogP contribution >= 0.6 is 11.3 Å². The molecule has 7 rings (SSSR count). The molecule has 1 amide bonds. The number of amides is 1. The Bertz CT molecular complexity index is 2040. The van der Waals surface area contributed by atoms with E-state index in [1.54, 1.807) is 60.9 Å². The number of thiophene rings is 1. The highest BCUT2D eigenvalue weighted by Crippen LogP contribution is 2.36. The Kier molecular flexibility index (Phi) is 8.39. The highest BCUT2D eigenvalue weighted by molar-refractivity contribution is 7.90. The first-order valence-electron chi connectivity index (χ1n) is 15.8. The van der Waals surface area contributed by atoms with Crippen molar-refractivity contribution < 1.29 is 17.9 Å². The van der Waals surface area contributed by atoms with Crippen molar-refractivity contribution in [1.82, 2.24) is 28.6 Å². The lowest BCUT2D eigenvalue weighted by Crippen LogP contribution is -2.61. The van der Waals surface area contributed by atoms with Crippen LogP contribution in [0.15, 0.2) is 77.3 Å². The largest absolute Gasteiger partial charge is 0.369 e. The molecule has 2 unspecified atom stereocenters. The Hall–Kier alpha value is -3.72. The molecule has 1 aromatic carbocycles. The van der Waals surface area contributed by atoms with Crippen molar-refractivity contribution in [3.05, 3.63) is 89.5 Å². The Balaban J connectivity index is 1.22. The van der Waals surface area contributed by atoms with Gasteiger partial charge in [-0.3, -0.25) is 29.5 Å². The molecule has 2 fully saturated rings. The predicted octanol–water partition coefficient (Wildman–Crippen LogP) is 4.15. The summed E-state index contributed by atoms with van der Waals surface area (Å²) in [5.74, 6) is -0.328. The summed E-state index contributed by atoms with van der Waals surface area (Å²) in [6.45, 7) is 10.2. The molecule has 2 aliphatic heterocycles. The fourth-order valence-electron chi connectivity index (χ4n) is 6.89. The number of carbonyl (C=O) groups is 1. The molecule has 0 bridgehead atoms. The zero-order chi connectivity index (χ0) is 32.9. The number of aryl methyl sites for hydroxylation is 1. The molecule has 6 heterocycles. The third-order valence-corrected chi connectivity index (χ3v) is 12.3. The van der Waals surface area contributed by atoms with Gasteiger partial charge in [-0.25, -0.2) is 12.4 Å². The number of ether oxygens (including phenoxy) is 1. The summed E-state index contributed by atoms with van der Waals surface area (Å²) < 4.78 is 36.5. The number of nitrogens with zero attached hydrogens (tertiary/aromatic N) is 6. The number of hydrogen-bond acceptors (Lipinski definition) is 10. The van der Waals surface area contributed by atoms with Gasteiger partial charge in [-0.05, 0) is 62.5 Å². The van der Waals surface area contributed by atoms with Gasteiger partial charge in [0, 0.05) is 72.8 Å². The lowest BCUT2D eigenvalue weighted by molar-refractivity contribution is -0.131. The highest BCUT2D eigenvalue weighted by Gasteiger charge is 2.39. The quantitative estimate of drug-likeness (QED) is 0.259. The second kappa shape index (κ2) is 12.4. The van der Waals surface area contributed by atoms with Gasteiger partial charge in [0.15, 0.2) is 0 Å². The van der Waals surface area contributed by atoms with Gasteiger partial charge in [0.25, 0.3) is 10.0 Å². The van der Waals surface area contributed by atoms with Gasteiger partial charge in [-0.15, -0.1) is 11.3 Å². The van der Waals surface area contributed by atoms with Crippen LogP contribution in [0.3, 0.4) is 0 Å². The number of fused-ring (bicyclic) bond motifs is 2. The molecule has 4 aromatic heterocycles. The Labute approximate surface area is 278 Å². The topological polar surface area (TPSA) is 127 Å². The lowest BCUT2D eigenvalue weighted by Gasteiger charge is -2.48. The van der Waals surface area contributed by atoms with E-state index in [0.717, 1.165) is 29.6 Å². The Morgan fingerprint density at radius 2 is 1.79 bits per heavy atom. The van der Waals surface area contributed by atoms with Crippen molar-refractivity contribution in [2.24, 2.45) is 5.73 Å². The molecule has 0 saturated carbocycles. The number of pyridine rings is 2. The molecule has 2 aliphatic rings. The van der Waals surface area contributed by atoms with Gasteiger partial charge in [-0.1, -0.05) is 18.2 Å². The van der Waals surface area contributed by atoms with E-state index in [1.807, 2.05) is 26.1 Å². The summed E-state index contributed by atoms with van der Waals surface area (Å²) in [6, 6.07) is 16.4. The van der Waals surface area contributed by atoms with E-state index in [0.29, 0.717) is 49.7 Å². The van der Waals surface area contributed by atoms with E-state index < -0.39 is 15.6 Å². The van der Waals surface area contributed by atoms with Crippen molar-refractivity contribution in [1.29, 1.82) is 0 Å². The number of morpholine rings is 1. The van der Waals surface area contributed by atoms with Gasteiger partial charge >= 0.3 is 0 Å². The summed E-state index contributed by atoms with van der Waals surface area (Å²) in [5.41, 5.74) is 7.88. The molecule has 0 spiro atoms. The zero-order valence-corrected chi connectivity index (χ0v) is 28.4. The molecule has 11 nitrogen and oxygen atoms in total. The number of rotatable bonds is 8. The maximum Gasteiger partial charge on any atom is 0.268 e. The minimum Gasteiger partial charge on any atom is -0.369 e. The molecule has 2 N–H and O–H groups in total. The van der Waals surface area contributed by atoms with Crippen molar-refractivity contribution in [2.45, 2.75) is 43.5 Å². The van der Waals surface area contributed by atoms with Crippen molar-refractivity contribution in [3.8, 4) is 0 Å². The molecule has 13 heteroatoms. The molecular formula is C34H39N7O4S2. The Morgan fingerprint density at radius 3 is 2.53 bits per heavy atom. The smallest absolute Gasteiger partial charge is 0.268 e. The van der Waals surface area contributed by atoms with Crippen LogP contribution in [0.4, 0.5) is 0 Å². The van der Waals surface area contributed by atoms with Crippen LogP contribution in [0.1, 0.15) is 43.2 Å². The van der Waals surface area contributed by atoms with Crippen LogP contribution in [-0.2, 0) is 19.6 Å². The van der Waals surface area contributed by atoms with Crippen molar-refractivity contribution in [2.75, 3.05) is 45.9 Å². The van der Waals surface area contributed by atoms with E-state index in [9.17, 15) is 13.2 Å². The second-order valence-corrected chi connectivity index (χ2v) is 15.5. The van der Waals surface area contributed by atoms with Crippen LogP contribution in [-0.4, -0.2) is 94.4 Å². The number of primary amides is 1. The summed E-state index contributed by atoms with van der Waals surface area (Å²) in [5, 5.41) is 3.96. The minimum atomic E-state index is -3.82. The molecule has 0 aliphatic carbocycles. The maximum absolute atomic E-state index is 13.7. The number of carbonyl (C=O) groups excluding carboxylic acids is 1. The van der Waals surface area contributed by atoms with Gasteiger partial charge in [0.1, 0.15) is 12.3 Å². The molecule has 47 heavy (non-hydrogen) atoms. The fourth-order valence-corrected chi connectivity index (χ4v) is 9.26. The first kappa shape index (κ1) is 31.9. The number of piperazine rings is 1. The van der Waals surface area contributed by atoms with Crippen LogP contribution in [0.25, 0.3) is 21.0 Å². The minimum absolute atomic E-state index is 0.129. The first-order chi connectivity index (χ1) is 22.6. The average molecular weight is 674 g/mol. The van der Waals surface area contributed by atoms with E-state index in [-0.39, 0.29) is 23.1 Å². The summed E-state index contributed by atoms with van der Waals surface area (Å²) in [7, 11) is -3.82. The van der Waals surface area contributed by atoms with Crippen LogP contribution < -0.4 is 5.73 Å². The number of benzene rings is 1. The third-order valence-electron chi connectivity index (χ3n) is 9.60. The van der Waals surface area contributed by atoms with Crippen molar-refractivity contribution in [3.63, 3.8) is 0 Å². The van der Waals surface area contributed by atoms with Crippen LogP contribution in [0, 0.1) is 6.92 Å². The number of hydrogen-bond donors (Lipinski definition) is 1. The van der Waals surface area contributed by atoms with Gasteiger partial charge < -0.3 is 10.5 Å². The van der Waals surface area contributed by atoms with Gasteiger partial charge in [0.05, 0.1) is 33.9 Å².